The molecular weight excluding hydrogens is 240 g/mol. The number of benzene rings is 1. The van der Waals surface area contributed by atoms with Gasteiger partial charge in [0.2, 0.25) is 0 Å². The van der Waals surface area contributed by atoms with E-state index in [1.807, 2.05) is 12.1 Å². The highest BCUT2D eigenvalue weighted by Crippen LogP contribution is 2.17. The van der Waals surface area contributed by atoms with Crippen LogP contribution in [0.2, 0.25) is 0 Å². The first kappa shape index (κ1) is 14.0. The fourth-order valence-corrected chi connectivity index (χ4v) is 2.78. The Balaban J connectivity index is 1.97. The van der Waals surface area contributed by atoms with Crippen LogP contribution in [-0.4, -0.2) is 42.2 Å². The van der Waals surface area contributed by atoms with E-state index in [1.54, 1.807) is 12.1 Å². The molecular formula is C15H22N2O2. The van der Waals surface area contributed by atoms with E-state index < -0.39 is 5.97 Å². The summed E-state index contributed by atoms with van der Waals surface area (Å²) >= 11 is 0. The fraction of sp³-hybridized carbons (Fsp3) is 0.533. The molecule has 2 unspecified atom stereocenters. The Kier molecular flexibility index (Phi) is 4.56. The standard InChI is InChI=1S/C15H22N2O2/c1-11-10-17(2)8-7-14(11)16-9-12-5-3-4-6-13(12)15(18)19/h3-6,11,14,16H,7-10H2,1-2H3,(H,18,19). The maximum absolute atomic E-state index is 11.1. The summed E-state index contributed by atoms with van der Waals surface area (Å²) in [5, 5.41) is 12.7. The Morgan fingerprint density at radius 2 is 2.21 bits per heavy atom. The monoisotopic (exact) mass is 262 g/mol. The van der Waals surface area contributed by atoms with Crippen molar-refractivity contribution >= 4 is 5.97 Å². The normalized spacial score (nSPS) is 24.3. The van der Waals surface area contributed by atoms with Crippen LogP contribution in [0.25, 0.3) is 0 Å². The molecule has 1 saturated heterocycles. The zero-order chi connectivity index (χ0) is 13.8. The number of piperidine rings is 1. The topological polar surface area (TPSA) is 52.6 Å². The van der Waals surface area contributed by atoms with Gasteiger partial charge in [-0.15, -0.1) is 0 Å². The highest BCUT2D eigenvalue weighted by molar-refractivity contribution is 5.89. The molecule has 1 aliphatic heterocycles. The molecule has 0 aromatic heterocycles. The van der Waals surface area contributed by atoms with Gasteiger partial charge < -0.3 is 15.3 Å². The molecule has 0 saturated carbocycles. The Bertz CT molecular complexity index is 448. The Morgan fingerprint density at radius 3 is 2.89 bits per heavy atom. The van der Waals surface area contributed by atoms with Crippen molar-refractivity contribution < 1.29 is 9.90 Å². The van der Waals surface area contributed by atoms with Gasteiger partial charge in [-0.25, -0.2) is 4.79 Å². The van der Waals surface area contributed by atoms with Crippen molar-refractivity contribution in [3.8, 4) is 0 Å². The van der Waals surface area contributed by atoms with E-state index in [2.05, 4.69) is 24.2 Å². The number of aromatic carboxylic acids is 1. The van der Waals surface area contributed by atoms with Crippen LogP contribution in [0.4, 0.5) is 0 Å². The van der Waals surface area contributed by atoms with Crippen molar-refractivity contribution in [2.75, 3.05) is 20.1 Å². The summed E-state index contributed by atoms with van der Waals surface area (Å²) in [7, 11) is 2.15. The predicted molar refractivity (Wildman–Crippen MR) is 75.3 cm³/mol. The Morgan fingerprint density at radius 1 is 1.47 bits per heavy atom. The minimum atomic E-state index is -0.853. The van der Waals surface area contributed by atoms with E-state index in [4.69, 9.17) is 5.11 Å². The van der Waals surface area contributed by atoms with E-state index in [1.165, 1.54) is 0 Å². The molecule has 0 aliphatic carbocycles. The van der Waals surface area contributed by atoms with Gasteiger partial charge in [0.25, 0.3) is 0 Å². The summed E-state index contributed by atoms with van der Waals surface area (Å²) in [4.78, 5) is 13.5. The number of carboxylic acids is 1. The summed E-state index contributed by atoms with van der Waals surface area (Å²) in [6, 6.07) is 7.68. The molecule has 19 heavy (non-hydrogen) atoms. The number of hydrogen-bond acceptors (Lipinski definition) is 3. The van der Waals surface area contributed by atoms with Crippen molar-refractivity contribution in [2.45, 2.75) is 25.9 Å². The van der Waals surface area contributed by atoms with E-state index in [-0.39, 0.29) is 0 Å². The first-order valence-corrected chi connectivity index (χ1v) is 6.81. The van der Waals surface area contributed by atoms with Crippen LogP contribution in [0, 0.1) is 5.92 Å². The molecule has 104 valence electrons. The number of nitrogens with zero attached hydrogens (tertiary/aromatic N) is 1. The zero-order valence-electron chi connectivity index (χ0n) is 11.6. The summed E-state index contributed by atoms with van der Waals surface area (Å²) < 4.78 is 0. The number of hydrogen-bond donors (Lipinski definition) is 2. The van der Waals surface area contributed by atoms with Crippen molar-refractivity contribution in [1.82, 2.24) is 10.2 Å². The van der Waals surface area contributed by atoms with E-state index in [0.29, 0.717) is 24.1 Å². The molecule has 0 spiro atoms. The van der Waals surface area contributed by atoms with Gasteiger partial charge in [0, 0.05) is 19.1 Å². The average molecular weight is 262 g/mol. The average Bonchev–Trinajstić information content (AvgIpc) is 2.38. The van der Waals surface area contributed by atoms with Gasteiger partial charge >= 0.3 is 5.97 Å². The molecule has 1 fully saturated rings. The first-order valence-electron chi connectivity index (χ1n) is 6.81. The van der Waals surface area contributed by atoms with Crippen molar-refractivity contribution in [3.63, 3.8) is 0 Å². The Labute approximate surface area is 114 Å². The third-order valence-corrected chi connectivity index (χ3v) is 3.91. The molecule has 2 N–H and O–H groups in total. The summed E-state index contributed by atoms with van der Waals surface area (Å²) in [6.07, 6.45) is 1.12. The van der Waals surface area contributed by atoms with Gasteiger partial charge in [0.15, 0.2) is 0 Å². The minimum Gasteiger partial charge on any atom is -0.478 e. The molecule has 0 bridgehead atoms. The fourth-order valence-electron chi connectivity index (χ4n) is 2.78. The van der Waals surface area contributed by atoms with Crippen molar-refractivity contribution in [3.05, 3.63) is 35.4 Å². The highest BCUT2D eigenvalue weighted by atomic mass is 16.4. The molecule has 2 atom stereocenters. The minimum absolute atomic E-state index is 0.399. The summed E-state index contributed by atoms with van der Waals surface area (Å²) in [5.41, 5.74) is 1.26. The van der Waals surface area contributed by atoms with Gasteiger partial charge in [-0.1, -0.05) is 25.1 Å². The summed E-state index contributed by atoms with van der Waals surface area (Å²) in [6.45, 7) is 5.07. The van der Waals surface area contributed by atoms with Crippen LogP contribution in [0.5, 0.6) is 0 Å². The second kappa shape index (κ2) is 6.17. The molecule has 2 rings (SSSR count). The van der Waals surface area contributed by atoms with Crippen LogP contribution in [0.15, 0.2) is 24.3 Å². The summed E-state index contributed by atoms with van der Waals surface area (Å²) in [5.74, 6) is -0.260. The molecule has 1 aromatic carbocycles. The van der Waals surface area contributed by atoms with Crippen LogP contribution in [-0.2, 0) is 6.54 Å². The molecule has 1 aromatic rings. The smallest absolute Gasteiger partial charge is 0.336 e. The van der Waals surface area contributed by atoms with Gasteiger partial charge in [-0.2, -0.15) is 0 Å². The molecule has 4 heteroatoms. The highest BCUT2D eigenvalue weighted by Gasteiger charge is 2.23. The lowest BCUT2D eigenvalue weighted by molar-refractivity contribution is 0.0695. The molecule has 4 nitrogen and oxygen atoms in total. The maximum Gasteiger partial charge on any atom is 0.336 e. The van der Waals surface area contributed by atoms with E-state index in [0.717, 1.165) is 25.1 Å². The lowest BCUT2D eigenvalue weighted by Gasteiger charge is -2.35. The molecule has 1 heterocycles. The SMILES string of the molecule is CC1CN(C)CCC1NCc1ccccc1C(=O)O. The van der Waals surface area contributed by atoms with E-state index in [9.17, 15) is 4.79 Å². The van der Waals surface area contributed by atoms with E-state index >= 15 is 0 Å². The number of carboxylic acid groups (broad SMARTS) is 1. The van der Waals surface area contributed by atoms with Crippen molar-refractivity contribution in [2.24, 2.45) is 5.92 Å². The van der Waals surface area contributed by atoms with Gasteiger partial charge in [0.1, 0.15) is 0 Å². The largest absolute Gasteiger partial charge is 0.478 e. The molecule has 0 radical (unpaired) electrons. The first-order chi connectivity index (χ1) is 9.08. The lowest BCUT2D eigenvalue weighted by atomic mass is 9.94. The second-order valence-electron chi connectivity index (χ2n) is 5.48. The van der Waals surface area contributed by atoms with Crippen LogP contribution in [0.1, 0.15) is 29.3 Å². The number of carbonyl (C=O) groups is 1. The second-order valence-corrected chi connectivity index (χ2v) is 5.48. The molecule has 1 aliphatic rings. The van der Waals surface area contributed by atoms with Crippen LogP contribution < -0.4 is 5.32 Å². The predicted octanol–water partition coefficient (Wildman–Crippen LogP) is 1.81. The number of likely N-dealkylation sites (tertiary alicyclic amines) is 1. The van der Waals surface area contributed by atoms with Gasteiger partial charge in [0.05, 0.1) is 5.56 Å². The third-order valence-electron chi connectivity index (χ3n) is 3.91. The lowest BCUT2D eigenvalue weighted by Crippen LogP contribution is -2.46. The number of rotatable bonds is 4. The van der Waals surface area contributed by atoms with Gasteiger partial charge in [-0.3, -0.25) is 0 Å². The number of nitrogens with one attached hydrogen (secondary N) is 1. The van der Waals surface area contributed by atoms with Crippen molar-refractivity contribution in [1.29, 1.82) is 0 Å². The third kappa shape index (κ3) is 3.55. The van der Waals surface area contributed by atoms with Gasteiger partial charge in [-0.05, 0) is 37.6 Å². The quantitative estimate of drug-likeness (QED) is 0.869. The molecule has 0 amide bonds. The van der Waals surface area contributed by atoms with Crippen LogP contribution >= 0.6 is 0 Å². The maximum atomic E-state index is 11.1. The van der Waals surface area contributed by atoms with Crippen LogP contribution in [0.3, 0.4) is 0 Å². The Hall–Kier alpha value is -1.39. The zero-order valence-corrected chi connectivity index (χ0v) is 11.6.